The van der Waals surface area contributed by atoms with Gasteiger partial charge in [-0.3, -0.25) is 4.79 Å². The Balaban J connectivity index is 1.35. The van der Waals surface area contributed by atoms with Crippen molar-refractivity contribution in [1.82, 2.24) is 0 Å². The van der Waals surface area contributed by atoms with Crippen molar-refractivity contribution in [2.24, 2.45) is 0 Å². The third-order valence-electron chi connectivity index (χ3n) is 14.8. The van der Waals surface area contributed by atoms with Crippen LogP contribution in [0.5, 0.6) is 0 Å². The molecule has 9 aromatic rings. The van der Waals surface area contributed by atoms with Gasteiger partial charge in [0.25, 0.3) is 0 Å². The average Bonchev–Trinajstić information content (AvgIpc) is 3.51. The summed E-state index contributed by atoms with van der Waals surface area (Å²) in [5.41, 5.74) is 21.0. The second kappa shape index (κ2) is 20.6. The van der Waals surface area contributed by atoms with Crippen molar-refractivity contribution >= 4 is 17.6 Å². The number of hydrogen-bond donors (Lipinski definition) is 2. The lowest BCUT2D eigenvalue weighted by atomic mass is 9.81. The van der Waals surface area contributed by atoms with Gasteiger partial charge < -0.3 is 10.4 Å². The number of carboxylic acids is 1. The van der Waals surface area contributed by atoms with E-state index < -0.39 is 11.9 Å². The number of benzene rings is 9. The minimum Gasteiger partial charge on any atom is -0.474 e. The van der Waals surface area contributed by atoms with Gasteiger partial charge in [-0.1, -0.05) is 259 Å². The third-order valence-corrected chi connectivity index (χ3v) is 14.8. The lowest BCUT2D eigenvalue weighted by Crippen LogP contribution is -2.22. The highest BCUT2D eigenvalue weighted by atomic mass is 16.4. The van der Waals surface area contributed by atoms with Crippen molar-refractivity contribution in [3.63, 3.8) is 0 Å². The van der Waals surface area contributed by atoms with E-state index in [1.54, 1.807) is 0 Å². The minimum absolute atomic E-state index is 0.0455. The van der Waals surface area contributed by atoms with Crippen LogP contribution in [0.4, 0.5) is 5.69 Å². The number of amides is 1. The predicted molar refractivity (Wildman–Crippen MR) is 321 cm³/mol. The summed E-state index contributed by atoms with van der Waals surface area (Å²) in [7, 11) is 0. The molecule has 0 spiro atoms. The second-order valence-corrected chi connectivity index (χ2v) is 24.5. The smallest absolute Gasteiger partial charge is 0.394 e. The molecule has 0 saturated carbocycles. The van der Waals surface area contributed by atoms with Crippen molar-refractivity contribution in [3.05, 3.63) is 222 Å². The van der Waals surface area contributed by atoms with Gasteiger partial charge in [-0.05, 0) is 146 Å². The number of carbonyl (C=O) groups is 2. The fourth-order valence-corrected chi connectivity index (χ4v) is 10.1. The largest absolute Gasteiger partial charge is 0.474 e. The Hall–Kier alpha value is -8.08. The summed E-state index contributed by atoms with van der Waals surface area (Å²) in [6, 6.07) is 71.9. The Bertz CT molecular complexity index is 3340. The fraction of sp³-hybridized carbons (Fsp3) is 0.222. The van der Waals surface area contributed by atoms with Crippen molar-refractivity contribution in [3.8, 4) is 89.0 Å². The summed E-state index contributed by atoms with van der Waals surface area (Å²) in [5, 5.41) is 13.1. The standard InChI is InChI=1S/C72H71NO3/c1-69(2,3)57-34-26-49(27-35-57)47-18-22-51(23-19-47)61-42-55(46-16-14-13-15-17-46)43-62(52-24-20-48(21-25-52)50-28-36-58(37-29-50)70(4,5)6)65(61)56-44-63(53-30-38-59(39-31-53)71(7,8)9)66(73-67(74)68(75)76)64(45-56)54-32-40-60(41-33-54)72(10,11)12/h13-45H,1-12H3,(H,73,74)(H,75,76). The monoisotopic (exact) mass is 998 g/mol. The molecule has 4 heteroatoms. The van der Waals surface area contributed by atoms with Crippen LogP contribution in [0.15, 0.2) is 200 Å². The summed E-state index contributed by atoms with van der Waals surface area (Å²) in [5.74, 6) is -2.67. The van der Waals surface area contributed by atoms with E-state index in [1.165, 1.54) is 11.1 Å². The van der Waals surface area contributed by atoms with Gasteiger partial charge >= 0.3 is 11.9 Å². The van der Waals surface area contributed by atoms with Gasteiger partial charge in [0.05, 0.1) is 5.69 Å². The number of hydrogen-bond acceptors (Lipinski definition) is 2. The highest BCUT2D eigenvalue weighted by Crippen LogP contribution is 2.49. The Morgan fingerprint density at radius 2 is 0.553 bits per heavy atom. The number of rotatable bonds is 9. The summed E-state index contributed by atoms with van der Waals surface area (Å²) >= 11 is 0. The zero-order valence-electron chi connectivity index (χ0n) is 46.3. The lowest BCUT2D eigenvalue weighted by molar-refractivity contribution is -0.147. The molecule has 382 valence electrons. The van der Waals surface area contributed by atoms with E-state index >= 15 is 0 Å². The molecule has 0 fully saturated rings. The normalized spacial score (nSPS) is 12.1. The second-order valence-electron chi connectivity index (χ2n) is 24.5. The van der Waals surface area contributed by atoms with Gasteiger partial charge in [0.1, 0.15) is 0 Å². The molecule has 0 bridgehead atoms. The molecule has 2 N–H and O–H groups in total. The van der Waals surface area contributed by atoms with Crippen LogP contribution in [0, 0.1) is 0 Å². The number of nitrogens with one attached hydrogen (secondary N) is 1. The van der Waals surface area contributed by atoms with E-state index in [9.17, 15) is 14.7 Å². The van der Waals surface area contributed by atoms with Gasteiger partial charge in [-0.2, -0.15) is 0 Å². The predicted octanol–water partition coefficient (Wildman–Crippen LogP) is 19.2. The van der Waals surface area contributed by atoms with Crippen molar-refractivity contribution in [1.29, 1.82) is 0 Å². The van der Waals surface area contributed by atoms with Crippen LogP contribution in [0.1, 0.15) is 105 Å². The molecule has 9 aromatic carbocycles. The maximum atomic E-state index is 13.5. The molecule has 4 nitrogen and oxygen atoms in total. The van der Waals surface area contributed by atoms with E-state index in [0.717, 1.165) is 89.0 Å². The molecule has 76 heavy (non-hydrogen) atoms. The molecule has 9 rings (SSSR count). The van der Waals surface area contributed by atoms with Crippen LogP contribution in [-0.2, 0) is 31.2 Å². The first-order chi connectivity index (χ1) is 35.9. The number of aliphatic carboxylic acids is 1. The number of carbonyl (C=O) groups excluding carboxylic acids is 1. The van der Waals surface area contributed by atoms with Crippen LogP contribution in [0.2, 0.25) is 0 Å². The topological polar surface area (TPSA) is 66.4 Å². The molecular formula is C72H71NO3. The van der Waals surface area contributed by atoms with Gasteiger partial charge in [-0.15, -0.1) is 0 Å². The van der Waals surface area contributed by atoms with Crippen molar-refractivity contribution in [2.45, 2.75) is 105 Å². The van der Waals surface area contributed by atoms with E-state index in [0.29, 0.717) is 16.8 Å². The lowest BCUT2D eigenvalue weighted by Gasteiger charge is -2.24. The first-order valence-electron chi connectivity index (χ1n) is 26.5. The maximum Gasteiger partial charge on any atom is 0.394 e. The van der Waals surface area contributed by atoms with Crippen molar-refractivity contribution in [2.75, 3.05) is 5.32 Å². The van der Waals surface area contributed by atoms with Gasteiger partial charge in [-0.25, -0.2) is 4.79 Å². The molecule has 0 heterocycles. The van der Waals surface area contributed by atoms with Crippen LogP contribution < -0.4 is 5.32 Å². The minimum atomic E-state index is -1.56. The first-order valence-corrected chi connectivity index (χ1v) is 26.5. The van der Waals surface area contributed by atoms with Crippen LogP contribution in [0.25, 0.3) is 89.0 Å². The molecule has 0 atom stereocenters. The SMILES string of the molecule is CC(C)(C)c1ccc(-c2ccc(-c3cc(-c4ccccc4)cc(-c4ccc(-c5ccc(C(C)(C)C)cc5)cc4)c3-c3cc(-c4ccc(C(C)(C)C)cc4)c(NC(=O)C(=O)O)c(-c4ccc(C(C)(C)C)cc4)c3)cc2)cc1. The molecule has 0 aromatic heterocycles. The van der Waals surface area contributed by atoms with Crippen molar-refractivity contribution < 1.29 is 14.7 Å². The van der Waals surface area contributed by atoms with Gasteiger partial charge in [0.2, 0.25) is 0 Å². The Morgan fingerprint density at radius 3 is 0.855 bits per heavy atom. The fourth-order valence-electron chi connectivity index (χ4n) is 10.1. The molecule has 0 radical (unpaired) electrons. The third kappa shape index (κ3) is 11.4. The molecule has 0 aliphatic carbocycles. The Kier molecular flexibility index (Phi) is 14.3. The Labute approximate surface area is 451 Å². The highest BCUT2D eigenvalue weighted by molar-refractivity contribution is 6.37. The summed E-state index contributed by atoms with van der Waals surface area (Å²) < 4.78 is 0. The molecule has 0 aliphatic heterocycles. The highest BCUT2D eigenvalue weighted by Gasteiger charge is 2.26. The van der Waals surface area contributed by atoms with Crippen LogP contribution in [-0.4, -0.2) is 17.0 Å². The van der Waals surface area contributed by atoms with E-state index in [2.05, 4.69) is 289 Å². The summed E-state index contributed by atoms with van der Waals surface area (Å²) in [4.78, 5) is 26.0. The molecule has 1 amide bonds. The van der Waals surface area contributed by atoms with Crippen LogP contribution >= 0.6 is 0 Å². The van der Waals surface area contributed by atoms with E-state index in [4.69, 9.17) is 0 Å². The van der Waals surface area contributed by atoms with Gasteiger partial charge in [0, 0.05) is 11.1 Å². The average molecular weight is 998 g/mol. The zero-order chi connectivity index (χ0) is 54.3. The number of anilines is 1. The molecule has 0 unspecified atom stereocenters. The summed E-state index contributed by atoms with van der Waals surface area (Å²) in [6.45, 7) is 26.6. The molecule has 0 saturated heterocycles. The maximum absolute atomic E-state index is 13.5. The Morgan fingerprint density at radius 1 is 0.303 bits per heavy atom. The van der Waals surface area contributed by atoms with Crippen LogP contribution in [0.3, 0.4) is 0 Å². The van der Waals surface area contributed by atoms with E-state index in [-0.39, 0.29) is 21.7 Å². The number of carboxylic acid groups (broad SMARTS) is 1. The summed E-state index contributed by atoms with van der Waals surface area (Å²) in [6.07, 6.45) is 0. The zero-order valence-corrected chi connectivity index (χ0v) is 46.3. The molecule has 0 aliphatic rings. The first kappa shape index (κ1) is 52.8. The van der Waals surface area contributed by atoms with Gasteiger partial charge in [0.15, 0.2) is 0 Å². The molecular weight excluding hydrogens is 927 g/mol. The van der Waals surface area contributed by atoms with E-state index in [1.807, 2.05) is 0 Å². The quantitative estimate of drug-likeness (QED) is 0.142.